The first-order chi connectivity index (χ1) is 7.17. The van der Waals surface area contributed by atoms with E-state index in [2.05, 4.69) is 37.9 Å². The van der Waals surface area contributed by atoms with Crippen LogP contribution in [0.15, 0.2) is 0 Å². The van der Waals surface area contributed by atoms with Crippen molar-refractivity contribution in [3.63, 3.8) is 0 Å². The average molecular weight is 212 g/mol. The maximum Gasteiger partial charge on any atom is 0.0107 e. The first kappa shape index (κ1) is 13.0. The van der Waals surface area contributed by atoms with Crippen LogP contribution in [0.1, 0.15) is 40.5 Å². The summed E-state index contributed by atoms with van der Waals surface area (Å²) in [6.45, 7) is 14.3. The molecule has 2 atom stereocenters. The Morgan fingerprint density at radius 1 is 1.13 bits per heavy atom. The van der Waals surface area contributed by atoms with Crippen LogP contribution in [0.2, 0.25) is 0 Å². The van der Waals surface area contributed by atoms with Crippen LogP contribution < -0.4 is 5.32 Å². The standard InChI is InChI=1S/C13H28N2/c1-5-13(6-2)14-7-8-15-9-11(3)12(4)10-15/h11-14H,5-10H2,1-4H3. The summed E-state index contributed by atoms with van der Waals surface area (Å²) in [5, 5.41) is 3.63. The molecule has 1 rings (SSSR count). The molecule has 1 heterocycles. The highest BCUT2D eigenvalue weighted by atomic mass is 15.2. The molecule has 0 aromatic carbocycles. The summed E-state index contributed by atoms with van der Waals surface area (Å²) in [7, 11) is 0. The van der Waals surface area contributed by atoms with Crippen LogP contribution in [-0.4, -0.2) is 37.1 Å². The van der Waals surface area contributed by atoms with E-state index < -0.39 is 0 Å². The smallest absolute Gasteiger partial charge is 0.0107 e. The molecule has 90 valence electrons. The van der Waals surface area contributed by atoms with E-state index >= 15 is 0 Å². The van der Waals surface area contributed by atoms with E-state index in [1.165, 1.54) is 32.5 Å². The van der Waals surface area contributed by atoms with Crippen molar-refractivity contribution in [1.29, 1.82) is 0 Å². The minimum absolute atomic E-state index is 0.724. The first-order valence-electron chi connectivity index (χ1n) is 6.63. The molecule has 1 saturated heterocycles. The molecule has 1 aliphatic heterocycles. The topological polar surface area (TPSA) is 15.3 Å². The number of nitrogens with one attached hydrogen (secondary N) is 1. The molecule has 2 heteroatoms. The molecule has 0 saturated carbocycles. The third-order valence-electron chi connectivity index (χ3n) is 3.91. The van der Waals surface area contributed by atoms with E-state index in [4.69, 9.17) is 0 Å². The van der Waals surface area contributed by atoms with Crippen molar-refractivity contribution in [3.8, 4) is 0 Å². The van der Waals surface area contributed by atoms with Gasteiger partial charge in [0.05, 0.1) is 0 Å². The van der Waals surface area contributed by atoms with E-state index in [0.29, 0.717) is 0 Å². The van der Waals surface area contributed by atoms with E-state index in [0.717, 1.165) is 24.4 Å². The number of nitrogens with zero attached hydrogens (tertiary/aromatic N) is 1. The molecule has 1 aliphatic rings. The van der Waals surface area contributed by atoms with Gasteiger partial charge >= 0.3 is 0 Å². The summed E-state index contributed by atoms with van der Waals surface area (Å²) in [6.07, 6.45) is 2.51. The SMILES string of the molecule is CCC(CC)NCCN1CC(C)C(C)C1. The highest BCUT2D eigenvalue weighted by molar-refractivity contribution is 4.79. The third kappa shape index (κ3) is 4.12. The molecular formula is C13H28N2. The Morgan fingerprint density at radius 3 is 2.13 bits per heavy atom. The lowest BCUT2D eigenvalue weighted by Gasteiger charge is -2.19. The molecule has 0 bridgehead atoms. The van der Waals surface area contributed by atoms with Gasteiger partial charge in [-0.2, -0.15) is 0 Å². The van der Waals surface area contributed by atoms with Crippen molar-refractivity contribution in [3.05, 3.63) is 0 Å². The highest BCUT2D eigenvalue weighted by Gasteiger charge is 2.25. The van der Waals surface area contributed by atoms with Crippen molar-refractivity contribution in [1.82, 2.24) is 10.2 Å². The third-order valence-corrected chi connectivity index (χ3v) is 3.91. The van der Waals surface area contributed by atoms with Crippen molar-refractivity contribution < 1.29 is 0 Å². The Morgan fingerprint density at radius 2 is 1.67 bits per heavy atom. The Labute approximate surface area is 95.4 Å². The molecule has 15 heavy (non-hydrogen) atoms. The van der Waals surface area contributed by atoms with Gasteiger partial charge in [0.25, 0.3) is 0 Å². The van der Waals surface area contributed by atoms with Gasteiger partial charge in [0.15, 0.2) is 0 Å². The van der Waals surface area contributed by atoms with Gasteiger partial charge in [0.1, 0.15) is 0 Å². The predicted octanol–water partition coefficient (Wildman–Crippen LogP) is 2.35. The summed E-state index contributed by atoms with van der Waals surface area (Å²) in [4.78, 5) is 2.60. The largest absolute Gasteiger partial charge is 0.313 e. The average Bonchev–Trinajstić information content (AvgIpc) is 2.53. The minimum Gasteiger partial charge on any atom is -0.313 e. The number of hydrogen-bond donors (Lipinski definition) is 1. The lowest BCUT2D eigenvalue weighted by molar-refractivity contribution is 0.311. The van der Waals surface area contributed by atoms with Gasteiger partial charge in [-0.05, 0) is 24.7 Å². The van der Waals surface area contributed by atoms with Gasteiger partial charge in [-0.3, -0.25) is 0 Å². The lowest BCUT2D eigenvalue weighted by atomic mass is 10.0. The fraction of sp³-hybridized carbons (Fsp3) is 1.00. The Hall–Kier alpha value is -0.0800. The van der Waals surface area contributed by atoms with E-state index in [1.54, 1.807) is 0 Å². The Balaban J connectivity index is 2.10. The summed E-state index contributed by atoms with van der Waals surface area (Å²) in [5.41, 5.74) is 0. The van der Waals surface area contributed by atoms with E-state index in [-0.39, 0.29) is 0 Å². The van der Waals surface area contributed by atoms with E-state index in [1.807, 2.05) is 0 Å². The van der Waals surface area contributed by atoms with Crippen molar-refractivity contribution in [2.45, 2.75) is 46.6 Å². The number of likely N-dealkylation sites (tertiary alicyclic amines) is 1. The maximum absolute atomic E-state index is 3.63. The molecule has 0 spiro atoms. The van der Waals surface area contributed by atoms with E-state index in [9.17, 15) is 0 Å². The molecule has 1 N–H and O–H groups in total. The number of hydrogen-bond acceptors (Lipinski definition) is 2. The zero-order chi connectivity index (χ0) is 11.3. The fourth-order valence-electron chi connectivity index (χ4n) is 2.44. The van der Waals surface area contributed by atoms with Crippen LogP contribution in [-0.2, 0) is 0 Å². The van der Waals surface area contributed by atoms with Gasteiger partial charge in [-0.1, -0.05) is 27.7 Å². The van der Waals surface area contributed by atoms with Gasteiger partial charge in [0.2, 0.25) is 0 Å². The molecule has 2 unspecified atom stereocenters. The Bertz CT molecular complexity index is 156. The molecule has 0 aliphatic carbocycles. The highest BCUT2D eigenvalue weighted by Crippen LogP contribution is 2.21. The van der Waals surface area contributed by atoms with Crippen LogP contribution in [0, 0.1) is 11.8 Å². The lowest BCUT2D eigenvalue weighted by Crippen LogP contribution is -2.36. The predicted molar refractivity (Wildman–Crippen MR) is 67.1 cm³/mol. The second kappa shape index (κ2) is 6.49. The van der Waals surface area contributed by atoms with Gasteiger partial charge in [0, 0.05) is 32.2 Å². The minimum atomic E-state index is 0.724. The summed E-state index contributed by atoms with van der Waals surface area (Å²) in [5.74, 6) is 1.77. The molecule has 0 aromatic heterocycles. The first-order valence-corrected chi connectivity index (χ1v) is 6.63. The van der Waals surface area contributed by atoms with Crippen LogP contribution in [0.5, 0.6) is 0 Å². The van der Waals surface area contributed by atoms with Gasteiger partial charge < -0.3 is 10.2 Å². The summed E-state index contributed by atoms with van der Waals surface area (Å²) >= 11 is 0. The second-order valence-electron chi connectivity index (χ2n) is 5.18. The zero-order valence-electron chi connectivity index (χ0n) is 10.9. The van der Waals surface area contributed by atoms with Crippen molar-refractivity contribution in [2.24, 2.45) is 11.8 Å². The molecule has 0 radical (unpaired) electrons. The maximum atomic E-state index is 3.63. The van der Waals surface area contributed by atoms with Crippen LogP contribution in [0.4, 0.5) is 0 Å². The molecular weight excluding hydrogens is 184 g/mol. The fourth-order valence-corrected chi connectivity index (χ4v) is 2.44. The summed E-state index contributed by atoms with van der Waals surface area (Å²) < 4.78 is 0. The van der Waals surface area contributed by atoms with Gasteiger partial charge in [-0.15, -0.1) is 0 Å². The van der Waals surface area contributed by atoms with Crippen molar-refractivity contribution in [2.75, 3.05) is 26.2 Å². The molecule has 0 aromatic rings. The quantitative estimate of drug-likeness (QED) is 0.727. The normalized spacial score (nSPS) is 27.8. The van der Waals surface area contributed by atoms with Crippen LogP contribution in [0.25, 0.3) is 0 Å². The molecule has 0 amide bonds. The monoisotopic (exact) mass is 212 g/mol. The summed E-state index contributed by atoms with van der Waals surface area (Å²) in [6, 6.07) is 0.724. The molecule has 1 fully saturated rings. The number of rotatable bonds is 6. The van der Waals surface area contributed by atoms with Crippen LogP contribution in [0.3, 0.4) is 0 Å². The van der Waals surface area contributed by atoms with Gasteiger partial charge in [-0.25, -0.2) is 0 Å². The second-order valence-corrected chi connectivity index (χ2v) is 5.18. The molecule has 2 nitrogen and oxygen atoms in total. The van der Waals surface area contributed by atoms with Crippen molar-refractivity contribution >= 4 is 0 Å². The Kier molecular flexibility index (Phi) is 5.62. The van der Waals surface area contributed by atoms with Crippen LogP contribution >= 0.6 is 0 Å². The zero-order valence-corrected chi connectivity index (χ0v) is 10.9.